The van der Waals surface area contributed by atoms with Crippen molar-refractivity contribution in [2.75, 3.05) is 11.1 Å². The number of anilines is 1. The van der Waals surface area contributed by atoms with Crippen molar-refractivity contribution in [3.8, 4) is 0 Å². The third-order valence-electron chi connectivity index (χ3n) is 2.23. The SMILES string of the molecule is Nc1ccc(C(O)C(O)CCBr)c(Cl)c1Cl. The molecule has 0 amide bonds. The predicted octanol–water partition coefficient (Wildman–Crippen LogP) is 2.75. The minimum Gasteiger partial charge on any atom is -0.397 e. The van der Waals surface area contributed by atoms with E-state index in [4.69, 9.17) is 28.9 Å². The highest BCUT2D eigenvalue weighted by molar-refractivity contribution is 9.09. The van der Waals surface area contributed by atoms with Crippen molar-refractivity contribution < 1.29 is 10.2 Å². The van der Waals surface area contributed by atoms with E-state index in [0.29, 0.717) is 23.0 Å². The fourth-order valence-electron chi connectivity index (χ4n) is 1.28. The van der Waals surface area contributed by atoms with Gasteiger partial charge in [-0.15, -0.1) is 0 Å². The van der Waals surface area contributed by atoms with Crippen LogP contribution in [0.2, 0.25) is 10.0 Å². The lowest BCUT2D eigenvalue weighted by Crippen LogP contribution is -2.19. The molecule has 0 aliphatic heterocycles. The highest BCUT2D eigenvalue weighted by Crippen LogP contribution is 2.35. The summed E-state index contributed by atoms with van der Waals surface area (Å²) >= 11 is 15.0. The summed E-state index contributed by atoms with van der Waals surface area (Å²) in [4.78, 5) is 0. The van der Waals surface area contributed by atoms with Gasteiger partial charge in [0.25, 0.3) is 0 Å². The molecule has 90 valence electrons. The van der Waals surface area contributed by atoms with Gasteiger partial charge in [0, 0.05) is 10.9 Å². The minimum absolute atomic E-state index is 0.183. The zero-order valence-corrected chi connectivity index (χ0v) is 11.4. The maximum absolute atomic E-state index is 9.86. The van der Waals surface area contributed by atoms with Crippen LogP contribution in [0.15, 0.2) is 12.1 Å². The molecule has 0 heterocycles. The van der Waals surface area contributed by atoms with Crippen molar-refractivity contribution in [2.24, 2.45) is 0 Å². The number of hydrogen-bond donors (Lipinski definition) is 3. The van der Waals surface area contributed by atoms with Gasteiger partial charge in [-0.1, -0.05) is 45.2 Å². The van der Waals surface area contributed by atoms with Crippen LogP contribution >= 0.6 is 39.1 Å². The maximum Gasteiger partial charge on any atom is 0.106 e. The number of rotatable bonds is 4. The lowest BCUT2D eigenvalue weighted by Gasteiger charge is -2.19. The summed E-state index contributed by atoms with van der Waals surface area (Å²) in [5.41, 5.74) is 6.29. The second-order valence-electron chi connectivity index (χ2n) is 3.36. The Morgan fingerprint density at radius 1 is 1.25 bits per heavy atom. The molecule has 0 fully saturated rings. The Hall–Kier alpha value is -0.000000000000000222. The molecular formula is C10H12BrCl2NO2. The lowest BCUT2D eigenvalue weighted by molar-refractivity contribution is 0.0174. The van der Waals surface area contributed by atoms with E-state index < -0.39 is 12.2 Å². The molecule has 3 nitrogen and oxygen atoms in total. The van der Waals surface area contributed by atoms with Crippen LogP contribution in [0.4, 0.5) is 5.69 Å². The Bertz CT molecular complexity index is 376. The Labute approximate surface area is 112 Å². The molecule has 0 saturated carbocycles. The molecule has 4 N–H and O–H groups in total. The fourth-order valence-corrected chi connectivity index (χ4v) is 2.21. The van der Waals surface area contributed by atoms with Gasteiger partial charge < -0.3 is 15.9 Å². The smallest absolute Gasteiger partial charge is 0.106 e. The molecule has 1 aromatic carbocycles. The number of halogens is 3. The summed E-state index contributed by atoms with van der Waals surface area (Å²) in [6.07, 6.45) is -1.54. The summed E-state index contributed by atoms with van der Waals surface area (Å²) in [5, 5.41) is 20.5. The van der Waals surface area contributed by atoms with Gasteiger partial charge in [-0.05, 0) is 12.5 Å². The molecule has 1 aromatic rings. The Morgan fingerprint density at radius 2 is 1.88 bits per heavy atom. The molecule has 0 aromatic heterocycles. The zero-order valence-electron chi connectivity index (χ0n) is 8.33. The van der Waals surface area contributed by atoms with Crippen LogP contribution in [0.1, 0.15) is 18.1 Å². The highest BCUT2D eigenvalue weighted by atomic mass is 79.9. The molecule has 2 unspecified atom stereocenters. The first kappa shape index (κ1) is 14.1. The van der Waals surface area contributed by atoms with Crippen LogP contribution in [-0.4, -0.2) is 21.6 Å². The fraction of sp³-hybridized carbons (Fsp3) is 0.400. The molecule has 0 radical (unpaired) electrons. The summed E-state index contributed by atoms with van der Waals surface area (Å²) < 4.78 is 0. The first-order valence-electron chi connectivity index (χ1n) is 4.64. The quantitative estimate of drug-likeness (QED) is 0.588. The van der Waals surface area contributed by atoms with E-state index in [2.05, 4.69) is 15.9 Å². The van der Waals surface area contributed by atoms with Crippen molar-refractivity contribution in [1.82, 2.24) is 0 Å². The zero-order chi connectivity index (χ0) is 12.3. The Morgan fingerprint density at radius 3 is 2.44 bits per heavy atom. The Balaban J connectivity index is 3.00. The number of nitrogens with two attached hydrogens (primary N) is 1. The van der Waals surface area contributed by atoms with E-state index in [9.17, 15) is 10.2 Å². The van der Waals surface area contributed by atoms with Gasteiger partial charge in [-0.3, -0.25) is 0 Å². The highest BCUT2D eigenvalue weighted by Gasteiger charge is 2.22. The summed E-state index contributed by atoms with van der Waals surface area (Å²) in [6.45, 7) is 0. The van der Waals surface area contributed by atoms with Crippen molar-refractivity contribution in [3.05, 3.63) is 27.7 Å². The predicted molar refractivity (Wildman–Crippen MR) is 70.3 cm³/mol. The number of aliphatic hydroxyl groups is 2. The number of hydrogen-bond acceptors (Lipinski definition) is 3. The number of alkyl halides is 1. The topological polar surface area (TPSA) is 66.5 Å². The maximum atomic E-state index is 9.86. The number of benzene rings is 1. The van der Waals surface area contributed by atoms with Crippen molar-refractivity contribution >= 4 is 44.8 Å². The average molecular weight is 329 g/mol. The van der Waals surface area contributed by atoms with Crippen LogP contribution in [0.5, 0.6) is 0 Å². The molecule has 16 heavy (non-hydrogen) atoms. The largest absolute Gasteiger partial charge is 0.397 e. The van der Waals surface area contributed by atoms with Gasteiger partial charge in [0.2, 0.25) is 0 Å². The van der Waals surface area contributed by atoms with Crippen molar-refractivity contribution in [3.63, 3.8) is 0 Å². The van der Waals surface area contributed by atoms with E-state index in [1.54, 1.807) is 12.1 Å². The average Bonchev–Trinajstić information content (AvgIpc) is 2.26. The Kier molecular flexibility index (Phi) is 5.34. The first-order chi connectivity index (χ1) is 7.49. The molecule has 1 rings (SSSR count). The molecular weight excluding hydrogens is 317 g/mol. The minimum atomic E-state index is -1.07. The molecule has 0 aliphatic rings. The van der Waals surface area contributed by atoms with Crippen LogP contribution in [0.25, 0.3) is 0 Å². The van der Waals surface area contributed by atoms with Gasteiger partial charge in [-0.25, -0.2) is 0 Å². The third kappa shape index (κ3) is 3.02. The molecule has 2 atom stereocenters. The first-order valence-corrected chi connectivity index (χ1v) is 6.52. The molecule has 0 saturated heterocycles. The van der Waals surface area contributed by atoms with Gasteiger partial charge in [0.05, 0.1) is 21.8 Å². The molecule has 0 spiro atoms. The van der Waals surface area contributed by atoms with Gasteiger partial charge in [-0.2, -0.15) is 0 Å². The van der Waals surface area contributed by atoms with E-state index in [-0.39, 0.29) is 10.0 Å². The van der Waals surface area contributed by atoms with Gasteiger partial charge in [0.1, 0.15) is 6.10 Å². The van der Waals surface area contributed by atoms with Crippen LogP contribution in [0, 0.1) is 0 Å². The summed E-state index contributed by atoms with van der Waals surface area (Å²) in [5.74, 6) is 0. The van der Waals surface area contributed by atoms with Crippen molar-refractivity contribution in [2.45, 2.75) is 18.6 Å². The number of nitrogen functional groups attached to an aromatic ring is 1. The van der Waals surface area contributed by atoms with Crippen LogP contribution in [0.3, 0.4) is 0 Å². The van der Waals surface area contributed by atoms with E-state index >= 15 is 0 Å². The normalized spacial score (nSPS) is 14.8. The van der Waals surface area contributed by atoms with Crippen molar-refractivity contribution in [1.29, 1.82) is 0 Å². The molecule has 0 aliphatic carbocycles. The van der Waals surface area contributed by atoms with Crippen LogP contribution < -0.4 is 5.73 Å². The summed E-state index contributed by atoms with van der Waals surface area (Å²) in [7, 11) is 0. The number of aliphatic hydroxyl groups excluding tert-OH is 2. The third-order valence-corrected chi connectivity index (χ3v) is 3.60. The second-order valence-corrected chi connectivity index (χ2v) is 4.91. The van der Waals surface area contributed by atoms with Crippen LogP contribution in [-0.2, 0) is 0 Å². The second kappa shape index (κ2) is 6.07. The molecule has 6 heteroatoms. The van der Waals surface area contributed by atoms with E-state index in [1.807, 2.05) is 0 Å². The molecule has 0 bridgehead atoms. The van der Waals surface area contributed by atoms with Gasteiger partial charge >= 0.3 is 0 Å². The summed E-state index contributed by atoms with van der Waals surface area (Å²) in [6, 6.07) is 3.11. The van der Waals surface area contributed by atoms with Gasteiger partial charge in [0.15, 0.2) is 0 Å². The van der Waals surface area contributed by atoms with E-state index in [0.717, 1.165) is 0 Å². The lowest BCUT2D eigenvalue weighted by atomic mass is 10.0. The standard InChI is InChI=1S/C10H12BrCl2NO2/c11-4-3-7(15)10(16)5-1-2-6(14)9(13)8(5)12/h1-2,7,10,15-16H,3-4,14H2. The monoisotopic (exact) mass is 327 g/mol. The van der Waals surface area contributed by atoms with E-state index in [1.165, 1.54) is 0 Å².